The van der Waals surface area contributed by atoms with E-state index in [-0.39, 0.29) is 0 Å². The van der Waals surface area contributed by atoms with Crippen LogP contribution in [0, 0.1) is 5.92 Å². The lowest BCUT2D eigenvalue weighted by Gasteiger charge is -2.45. The van der Waals surface area contributed by atoms with Crippen molar-refractivity contribution < 1.29 is 0 Å². The number of anilines is 2. The molecule has 4 aliphatic heterocycles. The molecule has 4 heterocycles. The summed E-state index contributed by atoms with van der Waals surface area (Å²) in [7, 11) is 0. The van der Waals surface area contributed by atoms with Crippen molar-refractivity contribution >= 4 is 11.4 Å². The highest BCUT2D eigenvalue weighted by Gasteiger charge is 2.33. The van der Waals surface area contributed by atoms with E-state index in [1.165, 1.54) is 69.8 Å². The van der Waals surface area contributed by atoms with Gasteiger partial charge in [-0.3, -0.25) is 0 Å². The van der Waals surface area contributed by atoms with Crippen LogP contribution in [0.2, 0.25) is 0 Å². The minimum atomic E-state index is 0.662. The van der Waals surface area contributed by atoms with E-state index in [2.05, 4.69) is 39.4 Å². The third-order valence-corrected chi connectivity index (χ3v) is 5.35. The number of hydrogen-bond donors (Lipinski definition) is 1. The number of fused-ring (bicyclic) bond motifs is 3. The van der Waals surface area contributed by atoms with Crippen LogP contribution in [0.15, 0.2) is 24.3 Å². The molecule has 4 saturated heterocycles. The molecule has 0 amide bonds. The summed E-state index contributed by atoms with van der Waals surface area (Å²) in [4.78, 5) is 5.11. The molecule has 2 bridgehead atoms. The van der Waals surface area contributed by atoms with Crippen LogP contribution in [-0.4, -0.2) is 43.7 Å². The van der Waals surface area contributed by atoms with E-state index in [1.54, 1.807) is 0 Å². The third kappa shape index (κ3) is 2.39. The van der Waals surface area contributed by atoms with E-state index >= 15 is 0 Å². The first-order valence-corrected chi connectivity index (χ1v) is 8.22. The smallest absolute Gasteiger partial charge is 0.0417 e. The van der Waals surface area contributed by atoms with Crippen LogP contribution in [0.4, 0.5) is 11.4 Å². The molecule has 0 aromatic heterocycles. The van der Waals surface area contributed by atoms with Gasteiger partial charge >= 0.3 is 0 Å². The Balaban J connectivity index is 1.41. The first-order valence-electron chi connectivity index (χ1n) is 8.22. The first-order chi connectivity index (χ1) is 9.88. The largest absolute Gasteiger partial charge is 0.381 e. The van der Waals surface area contributed by atoms with Gasteiger partial charge in [-0.2, -0.15) is 0 Å². The maximum Gasteiger partial charge on any atom is 0.0417 e. The topological polar surface area (TPSA) is 18.5 Å². The lowest BCUT2D eigenvalue weighted by molar-refractivity contribution is 0.0975. The Bertz CT molecular complexity index is 442. The second-order valence-electron chi connectivity index (χ2n) is 6.63. The van der Waals surface area contributed by atoms with Crippen LogP contribution in [0.1, 0.15) is 25.7 Å². The third-order valence-electron chi connectivity index (χ3n) is 5.35. The van der Waals surface area contributed by atoms with Gasteiger partial charge in [0.15, 0.2) is 0 Å². The number of piperidine rings is 3. The fourth-order valence-electron chi connectivity index (χ4n) is 4.09. The zero-order chi connectivity index (χ0) is 13.4. The summed E-state index contributed by atoms with van der Waals surface area (Å²) in [6.45, 7) is 6.32. The van der Waals surface area contributed by atoms with Gasteiger partial charge in [0.2, 0.25) is 0 Å². The number of benzene rings is 1. The lowest BCUT2D eigenvalue weighted by Crippen LogP contribution is -2.53. The maximum absolute atomic E-state index is 3.77. The van der Waals surface area contributed by atoms with E-state index in [1.807, 2.05) is 0 Å². The van der Waals surface area contributed by atoms with E-state index in [4.69, 9.17) is 0 Å². The summed E-state index contributed by atoms with van der Waals surface area (Å²) < 4.78 is 0. The molecule has 5 rings (SSSR count). The molecule has 4 fully saturated rings. The van der Waals surface area contributed by atoms with Gasteiger partial charge in [-0.05, 0) is 69.0 Å². The summed E-state index contributed by atoms with van der Waals surface area (Å²) in [6.07, 6.45) is 5.45. The standard InChI is InChI=1S/C17H25N3/c1-2-10-20(9-1)16-5-3-15(4-6-16)18-17-13-19-11-7-14(17)8-12-19/h3-6,14,17-18H,1-2,7-13H2. The summed E-state index contributed by atoms with van der Waals surface area (Å²) in [6, 6.07) is 9.77. The van der Waals surface area contributed by atoms with E-state index < -0.39 is 0 Å². The van der Waals surface area contributed by atoms with Crippen LogP contribution in [0.5, 0.6) is 0 Å². The highest BCUT2D eigenvalue weighted by molar-refractivity contribution is 5.56. The summed E-state index contributed by atoms with van der Waals surface area (Å²) in [5, 5.41) is 3.77. The SMILES string of the molecule is c1cc(N2CCCC2)ccc1NC1CN2CCC1CC2. The van der Waals surface area contributed by atoms with Crippen LogP contribution < -0.4 is 10.2 Å². The highest BCUT2D eigenvalue weighted by Crippen LogP contribution is 2.30. The van der Waals surface area contributed by atoms with Crippen LogP contribution in [-0.2, 0) is 0 Å². The van der Waals surface area contributed by atoms with Crippen LogP contribution in [0.3, 0.4) is 0 Å². The fraction of sp³-hybridized carbons (Fsp3) is 0.647. The van der Waals surface area contributed by atoms with Gasteiger partial charge in [-0.1, -0.05) is 0 Å². The summed E-state index contributed by atoms with van der Waals surface area (Å²) in [5.74, 6) is 0.887. The molecule has 1 unspecified atom stereocenters. The monoisotopic (exact) mass is 271 g/mol. The van der Waals surface area contributed by atoms with Crippen molar-refractivity contribution in [1.29, 1.82) is 0 Å². The number of nitrogens with one attached hydrogen (secondary N) is 1. The molecule has 20 heavy (non-hydrogen) atoms. The molecule has 0 radical (unpaired) electrons. The van der Waals surface area contributed by atoms with Crippen molar-refractivity contribution in [1.82, 2.24) is 4.90 Å². The van der Waals surface area contributed by atoms with E-state index in [0.717, 1.165) is 5.92 Å². The molecular weight excluding hydrogens is 246 g/mol. The Labute approximate surface area is 121 Å². The maximum atomic E-state index is 3.77. The first kappa shape index (κ1) is 12.5. The molecule has 1 aromatic carbocycles. The predicted octanol–water partition coefficient (Wildman–Crippen LogP) is 2.79. The minimum Gasteiger partial charge on any atom is -0.381 e. The molecule has 108 valence electrons. The van der Waals surface area contributed by atoms with Crippen molar-refractivity contribution in [3.63, 3.8) is 0 Å². The van der Waals surface area contributed by atoms with Gasteiger partial charge in [0.1, 0.15) is 0 Å². The molecule has 3 nitrogen and oxygen atoms in total. The predicted molar refractivity (Wildman–Crippen MR) is 84.5 cm³/mol. The van der Waals surface area contributed by atoms with E-state index in [0.29, 0.717) is 6.04 Å². The minimum absolute atomic E-state index is 0.662. The molecule has 1 atom stereocenters. The number of rotatable bonds is 3. The summed E-state index contributed by atoms with van der Waals surface area (Å²) >= 11 is 0. The number of hydrogen-bond acceptors (Lipinski definition) is 3. The van der Waals surface area contributed by atoms with Gasteiger partial charge in [-0.25, -0.2) is 0 Å². The van der Waals surface area contributed by atoms with Gasteiger partial charge in [0.25, 0.3) is 0 Å². The zero-order valence-electron chi connectivity index (χ0n) is 12.2. The Morgan fingerprint density at radius 2 is 1.60 bits per heavy atom. The normalized spacial score (nSPS) is 32.6. The fourth-order valence-corrected chi connectivity index (χ4v) is 4.09. The summed E-state index contributed by atoms with van der Waals surface area (Å²) in [5.41, 5.74) is 2.69. The number of nitrogens with zero attached hydrogens (tertiary/aromatic N) is 2. The van der Waals surface area contributed by atoms with Crippen molar-refractivity contribution in [2.75, 3.05) is 42.9 Å². The molecule has 0 aliphatic carbocycles. The molecule has 0 saturated carbocycles. The van der Waals surface area contributed by atoms with Crippen molar-refractivity contribution in [3.8, 4) is 0 Å². The Kier molecular flexibility index (Phi) is 3.31. The van der Waals surface area contributed by atoms with Crippen molar-refractivity contribution in [2.24, 2.45) is 5.92 Å². The lowest BCUT2D eigenvalue weighted by atomic mass is 9.84. The Hall–Kier alpha value is -1.22. The highest BCUT2D eigenvalue weighted by atomic mass is 15.2. The molecule has 1 N–H and O–H groups in total. The molecule has 0 spiro atoms. The average Bonchev–Trinajstić information content (AvgIpc) is 3.04. The Morgan fingerprint density at radius 3 is 2.20 bits per heavy atom. The Morgan fingerprint density at radius 1 is 0.900 bits per heavy atom. The zero-order valence-corrected chi connectivity index (χ0v) is 12.2. The second-order valence-corrected chi connectivity index (χ2v) is 6.63. The second kappa shape index (κ2) is 5.28. The van der Waals surface area contributed by atoms with Gasteiger partial charge in [0, 0.05) is 37.1 Å². The van der Waals surface area contributed by atoms with Crippen molar-refractivity contribution in [3.05, 3.63) is 24.3 Å². The molecule has 1 aromatic rings. The van der Waals surface area contributed by atoms with Crippen molar-refractivity contribution in [2.45, 2.75) is 31.7 Å². The quantitative estimate of drug-likeness (QED) is 0.912. The molecular formula is C17H25N3. The van der Waals surface area contributed by atoms with Gasteiger partial charge < -0.3 is 15.1 Å². The van der Waals surface area contributed by atoms with Crippen LogP contribution >= 0.6 is 0 Å². The van der Waals surface area contributed by atoms with Crippen LogP contribution in [0.25, 0.3) is 0 Å². The van der Waals surface area contributed by atoms with Gasteiger partial charge in [-0.15, -0.1) is 0 Å². The van der Waals surface area contributed by atoms with Gasteiger partial charge in [0.05, 0.1) is 0 Å². The molecule has 4 aliphatic rings. The molecule has 3 heteroatoms. The average molecular weight is 271 g/mol. The van der Waals surface area contributed by atoms with E-state index in [9.17, 15) is 0 Å².